The van der Waals surface area contributed by atoms with E-state index in [4.69, 9.17) is 9.97 Å². The number of anilines is 2. The first-order valence-corrected chi connectivity index (χ1v) is 11.8. The molecule has 4 aromatic rings. The first-order chi connectivity index (χ1) is 16.6. The van der Waals surface area contributed by atoms with Crippen molar-refractivity contribution in [3.05, 3.63) is 95.6 Å². The number of nitrogens with one attached hydrogen (secondary N) is 1. The van der Waals surface area contributed by atoms with Crippen molar-refractivity contribution in [3.63, 3.8) is 0 Å². The molecule has 1 N–H and O–H groups in total. The number of carbonyl (C=O) groups excluding carboxylic acids is 1. The van der Waals surface area contributed by atoms with E-state index >= 15 is 0 Å². The van der Waals surface area contributed by atoms with Gasteiger partial charge in [-0.2, -0.15) is 4.98 Å². The van der Waals surface area contributed by atoms with Gasteiger partial charge in [0, 0.05) is 43.2 Å². The number of rotatable bonds is 5. The zero-order chi connectivity index (χ0) is 23.5. The van der Waals surface area contributed by atoms with Gasteiger partial charge in [0.1, 0.15) is 5.82 Å². The summed E-state index contributed by atoms with van der Waals surface area (Å²) in [4.78, 5) is 26.8. The molecular weight excluding hydrogens is 422 g/mol. The van der Waals surface area contributed by atoms with Gasteiger partial charge < -0.3 is 15.1 Å². The van der Waals surface area contributed by atoms with Crippen LogP contribution < -0.4 is 10.2 Å². The smallest absolute Gasteiger partial charge is 0.253 e. The largest absolute Gasteiger partial charge is 0.363 e. The summed E-state index contributed by atoms with van der Waals surface area (Å²) in [6.45, 7) is 6.85. The molecule has 1 unspecified atom stereocenters. The number of nitrogens with zero attached hydrogens (tertiary/aromatic N) is 4. The van der Waals surface area contributed by atoms with Gasteiger partial charge in [-0.25, -0.2) is 4.98 Å². The number of fused-ring (bicyclic) bond motifs is 1. The predicted octanol–water partition coefficient (Wildman–Crippen LogP) is 5.07. The van der Waals surface area contributed by atoms with Crippen LogP contribution in [-0.2, 0) is 0 Å². The molecule has 1 fully saturated rings. The van der Waals surface area contributed by atoms with E-state index in [2.05, 4.69) is 47.5 Å². The predicted molar refractivity (Wildman–Crippen MR) is 137 cm³/mol. The lowest BCUT2D eigenvalue weighted by Crippen LogP contribution is -2.49. The molecule has 1 aromatic heterocycles. The van der Waals surface area contributed by atoms with E-state index in [1.54, 1.807) is 0 Å². The van der Waals surface area contributed by atoms with E-state index in [1.165, 1.54) is 5.56 Å². The molecule has 1 saturated heterocycles. The highest BCUT2D eigenvalue weighted by molar-refractivity contribution is 5.94. The summed E-state index contributed by atoms with van der Waals surface area (Å²) in [5, 5.41) is 4.59. The Kier molecular flexibility index (Phi) is 6.12. The minimum absolute atomic E-state index is 0.0816. The van der Waals surface area contributed by atoms with Crippen LogP contribution in [0.4, 0.5) is 11.8 Å². The Morgan fingerprint density at radius 2 is 1.53 bits per heavy atom. The summed E-state index contributed by atoms with van der Waals surface area (Å²) in [5.41, 5.74) is 4.01. The standard InChI is InChI=1S/C28H29N5O/c1-20-12-14-23(15-13-20)27(34)32-16-18-33(19-17-32)28-30-25-11-7-6-10-24(25)26(31-28)29-21(2)22-8-4-3-5-9-22/h3-15,21H,16-19H2,1-2H3,(H,29,30,31). The van der Waals surface area contributed by atoms with Crippen molar-refractivity contribution in [2.75, 3.05) is 36.4 Å². The van der Waals surface area contributed by atoms with E-state index in [1.807, 2.05) is 60.4 Å². The molecule has 1 aliphatic rings. The topological polar surface area (TPSA) is 61.4 Å². The number of benzene rings is 3. The maximum atomic E-state index is 12.9. The fourth-order valence-electron chi connectivity index (χ4n) is 4.33. The molecule has 172 valence electrons. The van der Waals surface area contributed by atoms with Crippen molar-refractivity contribution in [2.45, 2.75) is 19.9 Å². The van der Waals surface area contributed by atoms with E-state index in [0.717, 1.165) is 27.8 Å². The molecule has 1 aliphatic heterocycles. The van der Waals surface area contributed by atoms with Crippen LogP contribution in [0.1, 0.15) is 34.5 Å². The van der Waals surface area contributed by atoms with Crippen LogP contribution in [0, 0.1) is 6.92 Å². The molecule has 0 bridgehead atoms. The maximum Gasteiger partial charge on any atom is 0.253 e. The van der Waals surface area contributed by atoms with Gasteiger partial charge in [0.15, 0.2) is 0 Å². The van der Waals surface area contributed by atoms with Crippen molar-refractivity contribution in [2.24, 2.45) is 0 Å². The molecule has 34 heavy (non-hydrogen) atoms. The van der Waals surface area contributed by atoms with E-state index in [9.17, 15) is 4.79 Å². The average Bonchev–Trinajstić information content (AvgIpc) is 2.89. The Hall–Kier alpha value is -3.93. The van der Waals surface area contributed by atoms with Crippen molar-refractivity contribution in [1.82, 2.24) is 14.9 Å². The fourth-order valence-corrected chi connectivity index (χ4v) is 4.33. The average molecular weight is 452 g/mol. The van der Waals surface area contributed by atoms with Crippen molar-refractivity contribution >= 4 is 28.6 Å². The van der Waals surface area contributed by atoms with Crippen LogP contribution in [-0.4, -0.2) is 47.0 Å². The zero-order valence-corrected chi connectivity index (χ0v) is 19.6. The minimum atomic E-state index is 0.0816. The second kappa shape index (κ2) is 9.51. The summed E-state index contributed by atoms with van der Waals surface area (Å²) in [7, 11) is 0. The minimum Gasteiger partial charge on any atom is -0.363 e. The van der Waals surface area contributed by atoms with Gasteiger partial charge in [-0.3, -0.25) is 4.79 Å². The van der Waals surface area contributed by atoms with E-state index < -0.39 is 0 Å². The second-order valence-electron chi connectivity index (χ2n) is 8.81. The summed E-state index contributed by atoms with van der Waals surface area (Å²) in [6.07, 6.45) is 0. The summed E-state index contributed by atoms with van der Waals surface area (Å²) in [5.74, 6) is 1.61. The third kappa shape index (κ3) is 4.57. The Labute approximate surface area is 200 Å². The highest BCUT2D eigenvalue weighted by Gasteiger charge is 2.24. The van der Waals surface area contributed by atoms with E-state index in [-0.39, 0.29) is 11.9 Å². The first-order valence-electron chi connectivity index (χ1n) is 11.8. The summed E-state index contributed by atoms with van der Waals surface area (Å²) >= 11 is 0. The van der Waals surface area contributed by atoms with Crippen LogP contribution in [0.5, 0.6) is 0 Å². The summed E-state index contributed by atoms with van der Waals surface area (Å²) in [6, 6.07) is 26.3. The van der Waals surface area contributed by atoms with E-state index in [0.29, 0.717) is 32.1 Å². The number of piperazine rings is 1. The highest BCUT2D eigenvalue weighted by atomic mass is 16.2. The number of aromatic nitrogens is 2. The lowest BCUT2D eigenvalue weighted by Gasteiger charge is -2.35. The molecule has 0 spiro atoms. The molecular formula is C28H29N5O. The number of para-hydroxylation sites is 1. The Morgan fingerprint density at radius 3 is 2.26 bits per heavy atom. The number of carbonyl (C=O) groups is 1. The molecule has 3 aromatic carbocycles. The van der Waals surface area contributed by atoms with Gasteiger partial charge >= 0.3 is 0 Å². The van der Waals surface area contributed by atoms with Crippen molar-refractivity contribution < 1.29 is 4.79 Å². The van der Waals surface area contributed by atoms with Gasteiger partial charge in [0.05, 0.1) is 5.52 Å². The molecule has 0 aliphatic carbocycles. The van der Waals surface area contributed by atoms with Crippen LogP contribution in [0.15, 0.2) is 78.9 Å². The van der Waals surface area contributed by atoms with Crippen molar-refractivity contribution in [3.8, 4) is 0 Å². The molecule has 2 heterocycles. The molecule has 5 rings (SSSR count). The van der Waals surface area contributed by atoms with Gasteiger partial charge in [0.25, 0.3) is 5.91 Å². The fraction of sp³-hybridized carbons (Fsp3) is 0.250. The van der Waals surface area contributed by atoms with Crippen LogP contribution in [0.2, 0.25) is 0 Å². The Morgan fingerprint density at radius 1 is 0.853 bits per heavy atom. The van der Waals surface area contributed by atoms with Gasteiger partial charge in [-0.15, -0.1) is 0 Å². The van der Waals surface area contributed by atoms with Gasteiger partial charge in [0.2, 0.25) is 5.95 Å². The van der Waals surface area contributed by atoms with Gasteiger partial charge in [-0.05, 0) is 43.7 Å². The molecule has 1 atom stereocenters. The quantitative estimate of drug-likeness (QED) is 0.459. The molecule has 0 saturated carbocycles. The lowest BCUT2D eigenvalue weighted by molar-refractivity contribution is 0.0746. The van der Waals surface area contributed by atoms with Crippen LogP contribution in [0.3, 0.4) is 0 Å². The normalized spacial score (nSPS) is 14.8. The lowest BCUT2D eigenvalue weighted by atomic mass is 10.1. The SMILES string of the molecule is Cc1ccc(C(=O)N2CCN(c3nc(NC(C)c4ccccc4)c4ccccc4n3)CC2)cc1. The Bertz CT molecular complexity index is 1280. The first kappa shape index (κ1) is 21.9. The maximum absolute atomic E-state index is 12.9. The zero-order valence-electron chi connectivity index (χ0n) is 19.6. The van der Waals surface area contributed by atoms with Crippen molar-refractivity contribution in [1.29, 1.82) is 0 Å². The molecule has 1 amide bonds. The highest BCUT2D eigenvalue weighted by Crippen LogP contribution is 2.27. The number of hydrogen-bond acceptors (Lipinski definition) is 5. The third-order valence-electron chi connectivity index (χ3n) is 6.39. The number of amides is 1. The monoisotopic (exact) mass is 451 g/mol. The Balaban J connectivity index is 1.35. The number of aryl methyl sites for hydroxylation is 1. The number of hydrogen-bond donors (Lipinski definition) is 1. The second-order valence-corrected chi connectivity index (χ2v) is 8.81. The van der Waals surface area contributed by atoms with Crippen LogP contribution >= 0.6 is 0 Å². The van der Waals surface area contributed by atoms with Gasteiger partial charge in [-0.1, -0.05) is 60.2 Å². The molecule has 6 nitrogen and oxygen atoms in total. The van der Waals surface area contributed by atoms with Crippen LogP contribution in [0.25, 0.3) is 10.9 Å². The molecule has 0 radical (unpaired) electrons. The third-order valence-corrected chi connectivity index (χ3v) is 6.39. The summed E-state index contributed by atoms with van der Waals surface area (Å²) < 4.78 is 0. The molecule has 6 heteroatoms.